The second-order valence-corrected chi connectivity index (χ2v) is 30.0. The van der Waals surface area contributed by atoms with Gasteiger partial charge in [-0.3, -0.25) is 0 Å². The average Bonchev–Trinajstić information content (AvgIpc) is 3.15. The summed E-state index contributed by atoms with van der Waals surface area (Å²) in [5.41, 5.74) is 3.09. The summed E-state index contributed by atoms with van der Waals surface area (Å²) in [5.74, 6) is 2.44. The van der Waals surface area contributed by atoms with Crippen LogP contribution < -0.4 is 0 Å². The molecule has 7 aliphatic rings. The number of fused-ring (bicyclic) bond motifs is 1. The van der Waals surface area contributed by atoms with Crippen molar-refractivity contribution in [2.75, 3.05) is 13.2 Å². The number of carbonyl (C=O) groups excluding carboxylic acids is 1. The van der Waals surface area contributed by atoms with E-state index in [0.29, 0.717) is 31.0 Å². The number of hydrogen-bond acceptors (Lipinski definition) is 4. The van der Waals surface area contributed by atoms with E-state index in [1.54, 1.807) is 0 Å². The molecule has 1 aliphatic heterocycles. The monoisotopic (exact) mass is 753 g/mol. The van der Waals surface area contributed by atoms with Crippen LogP contribution in [0, 0.1) is 34.5 Å². The molecule has 1 aromatic carbocycles. The van der Waals surface area contributed by atoms with Gasteiger partial charge in [0.2, 0.25) is 0 Å². The topological polar surface area (TPSA) is 59.0 Å². The van der Waals surface area contributed by atoms with Crippen LogP contribution in [-0.2, 0) is 16.1 Å². The molecule has 6 saturated carbocycles. The number of aliphatic hydroxyl groups excluding tert-OH is 1. The van der Waals surface area contributed by atoms with E-state index >= 15 is 0 Å². The fraction of sp³-hybridized carbons (Fsp3) is 0.780. The van der Waals surface area contributed by atoms with Crippen molar-refractivity contribution in [3.05, 3.63) is 45.6 Å². The van der Waals surface area contributed by atoms with Crippen molar-refractivity contribution in [2.45, 2.75) is 149 Å². The molecule has 1 N–H and O–H groups in total. The van der Waals surface area contributed by atoms with Gasteiger partial charge in [-0.15, -0.1) is 0 Å². The summed E-state index contributed by atoms with van der Waals surface area (Å²) in [6, 6.07) is 10.4. The van der Waals surface area contributed by atoms with Crippen LogP contribution in [0.5, 0.6) is 0 Å². The van der Waals surface area contributed by atoms with E-state index in [1.165, 1.54) is 77.5 Å². The summed E-state index contributed by atoms with van der Waals surface area (Å²) in [4.78, 5) is 16.3. The van der Waals surface area contributed by atoms with Gasteiger partial charge in [0.05, 0.1) is 0 Å². The Hall–Kier alpha value is -1.05. The first-order valence-corrected chi connectivity index (χ1v) is 27.5. The predicted octanol–water partition coefficient (Wildman–Crippen LogP) is 9.69. The molecule has 9 atom stereocenters. The van der Waals surface area contributed by atoms with Gasteiger partial charge in [0, 0.05) is 0 Å². The Kier molecular flexibility index (Phi) is 9.94. The van der Waals surface area contributed by atoms with Gasteiger partial charge in [-0.25, -0.2) is 0 Å². The molecule has 5 bridgehead atoms. The zero-order valence-corrected chi connectivity index (χ0v) is 32.8. The molecule has 1 heterocycles. The van der Waals surface area contributed by atoms with Gasteiger partial charge >= 0.3 is 273 Å². The number of allylic oxidation sites excluding steroid dienone is 1. The number of likely N-dealkylation sites (tertiary alicyclic amines) is 1. The summed E-state index contributed by atoms with van der Waals surface area (Å²) < 4.78 is 20.7. The van der Waals surface area contributed by atoms with E-state index in [4.69, 9.17) is 9.47 Å². The predicted molar refractivity (Wildman–Crippen MR) is 192 cm³/mol. The van der Waals surface area contributed by atoms with Crippen molar-refractivity contribution in [3.63, 3.8) is 0 Å². The molecule has 1 aromatic rings. The van der Waals surface area contributed by atoms with E-state index < -0.39 is 18.4 Å². The van der Waals surface area contributed by atoms with E-state index in [9.17, 15) is 9.90 Å². The van der Waals surface area contributed by atoms with Gasteiger partial charge in [0.25, 0.3) is 0 Å². The van der Waals surface area contributed by atoms with Crippen molar-refractivity contribution < 1.29 is 19.4 Å². The second-order valence-electron chi connectivity index (χ2n) is 17.1. The van der Waals surface area contributed by atoms with Gasteiger partial charge in [-0.1, -0.05) is 18.2 Å². The zero-order valence-electron chi connectivity index (χ0n) is 30.0. The number of nitrogens with zero attached hydrogens (tertiary/aromatic N) is 1. The fourth-order valence-corrected chi connectivity index (χ4v) is 29.0. The van der Waals surface area contributed by atoms with Gasteiger partial charge < -0.3 is 0 Å². The first-order valence-electron chi connectivity index (χ1n) is 19.8. The van der Waals surface area contributed by atoms with E-state index in [0.717, 1.165) is 30.7 Å². The number of rotatable bonds is 15. The molecule has 0 aromatic heterocycles. The van der Waals surface area contributed by atoms with Crippen LogP contribution in [0.2, 0.25) is 13.3 Å². The van der Waals surface area contributed by atoms with Gasteiger partial charge in [-0.2, -0.15) is 0 Å². The summed E-state index contributed by atoms with van der Waals surface area (Å²) in [7, 11) is 0. The van der Waals surface area contributed by atoms with Crippen LogP contribution in [0.1, 0.15) is 117 Å². The fourth-order valence-electron chi connectivity index (χ4n) is 13.4. The molecule has 8 rings (SSSR count). The second kappa shape index (κ2) is 13.6. The van der Waals surface area contributed by atoms with Crippen LogP contribution in [-0.4, -0.2) is 65.4 Å². The Morgan fingerprint density at radius 1 is 1.02 bits per heavy atom. The standard InChI is InChI=1S/C29H36NO4.3C4H9.Sn/c1-18-15-28-16-22-24-27(2,30(22)26(32)34-17-19-7-4-3-5-8-19)9-6-10-29(24)23(28)14-20(18)13-21(28)25(29)33-12-11-31;3*1-3-4-2;/h1,3-5,7-8,20-25,31H,6,9-17H2,2H3;3*1,3-4H2,2H3;/t20-,21?,22?,23?,24?,25?,27+,28+,29+;;;;/m0..../s1. The SMILES string of the molecule is CCC[CH2][Sn](/[CH]=C1/C[C@@]23CC4C5[C@]6(CCC[C@@]5(C)N4C(=O)OCc4ccccc4)C(OCCO)C2C[C@H]1CC36)([CH2]CCC)[CH2]CCC. The molecule has 2 spiro atoms. The number of benzene rings is 1. The maximum atomic E-state index is 14.1. The van der Waals surface area contributed by atoms with E-state index in [-0.39, 0.29) is 41.2 Å². The summed E-state index contributed by atoms with van der Waals surface area (Å²) in [6.45, 7) is 10.4. The minimum atomic E-state index is -2.48. The summed E-state index contributed by atoms with van der Waals surface area (Å²) in [6.07, 6.45) is 16.7. The molecule has 7 fully saturated rings. The van der Waals surface area contributed by atoms with Crippen LogP contribution in [0.15, 0.2) is 40.0 Å². The maximum absolute atomic E-state index is 14.1. The molecular formula is C41H63NO4Sn. The average molecular weight is 753 g/mol. The third kappa shape index (κ3) is 5.40. The minimum absolute atomic E-state index is 0.0954. The van der Waals surface area contributed by atoms with Crippen LogP contribution >= 0.6 is 0 Å². The quantitative estimate of drug-likeness (QED) is 0.182. The molecule has 5 unspecified atom stereocenters. The summed E-state index contributed by atoms with van der Waals surface area (Å²) >= 11 is -2.48. The Labute approximate surface area is 289 Å². The number of carbonyl (C=O) groups is 1. The Bertz CT molecular complexity index is 1280. The molecule has 260 valence electrons. The first-order chi connectivity index (χ1) is 22.8. The van der Waals surface area contributed by atoms with Crippen molar-refractivity contribution >= 4 is 24.5 Å². The van der Waals surface area contributed by atoms with Gasteiger partial charge in [-0.05, 0) is 0 Å². The Morgan fingerprint density at radius 3 is 2.38 bits per heavy atom. The first kappa shape index (κ1) is 34.4. The summed E-state index contributed by atoms with van der Waals surface area (Å²) in [5, 5.41) is 10.00. The molecule has 1 saturated heterocycles. The van der Waals surface area contributed by atoms with Crippen LogP contribution in [0.4, 0.5) is 4.79 Å². The molecule has 1 amide bonds. The number of ether oxygens (including phenoxy) is 2. The van der Waals surface area contributed by atoms with Crippen molar-refractivity contribution in [1.29, 1.82) is 0 Å². The third-order valence-corrected chi connectivity index (χ3v) is 29.2. The molecule has 5 nitrogen and oxygen atoms in total. The molecule has 6 heteroatoms. The number of amides is 1. The number of unbranched alkanes of at least 4 members (excludes halogenated alkanes) is 3. The number of hydrogen-bond donors (Lipinski definition) is 1. The van der Waals surface area contributed by atoms with Crippen LogP contribution in [0.3, 0.4) is 0 Å². The van der Waals surface area contributed by atoms with E-state index in [1.807, 2.05) is 35.9 Å². The Balaban J connectivity index is 1.24. The van der Waals surface area contributed by atoms with Crippen LogP contribution in [0.25, 0.3) is 0 Å². The van der Waals surface area contributed by atoms with Gasteiger partial charge in [0.15, 0.2) is 0 Å². The molecule has 47 heavy (non-hydrogen) atoms. The van der Waals surface area contributed by atoms with Gasteiger partial charge in [0.1, 0.15) is 0 Å². The zero-order chi connectivity index (χ0) is 32.9. The van der Waals surface area contributed by atoms with E-state index in [2.05, 4.69) is 36.7 Å². The molecule has 0 radical (unpaired) electrons. The van der Waals surface area contributed by atoms with Crippen molar-refractivity contribution in [1.82, 2.24) is 4.90 Å². The molecular weight excluding hydrogens is 689 g/mol. The Morgan fingerprint density at radius 2 is 1.72 bits per heavy atom. The molecule has 6 aliphatic carbocycles. The van der Waals surface area contributed by atoms with Crippen molar-refractivity contribution in [3.8, 4) is 0 Å². The number of aliphatic hydroxyl groups is 1. The normalized spacial score (nSPS) is 38.7. The van der Waals surface area contributed by atoms with Crippen molar-refractivity contribution in [2.24, 2.45) is 34.5 Å². The third-order valence-electron chi connectivity index (χ3n) is 14.9.